The lowest BCUT2D eigenvalue weighted by Crippen LogP contribution is -2.39. The van der Waals surface area contributed by atoms with E-state index in [-0.39, 0.29) is 6.10 Å². The van der Waals surface area contributed by atoms with E-state index < -0.39 is 0 Å². The fourth-order valence-corrected chi connectivity index (χ4v) is 4.54. The van der Waals surface area contributed by atoms with Crippen LogP contribution in [0, 0.1) is 5.92 Å². The number of hydrogen-bond donors (Lipinski definition) is 0. The largest absolute Gasteiger partial charge is 0.466 e. The summed E-state index contributed by atoms with van der Waals surface area (Å²) in [6.07, 6.45) is 9.08. The van der Waals surface area contributed by atoms with Gasteiger partial charge in [-0.15, -0.1) is 5.10 Å². The summed E-state index contributed by atoms with van der Waals surface area (Å²) >= 11 is 3.01. The van der Waals surface area contributed by atoms with E-state index >= 15 is 0 Å². The van der Waals surface area contributed by atoms with Crippen molar-refractivity contribution in [2.45, 2.75) is 39.2 Å². The van der Waals surface area contributed by atoms with Gasteiger partial charge in [0.1, 0.15) is 6.10 Å². The summed E-state index contributed by atoms with van der Waals surface area (Å²) in [6, 6.07) is 0. The molecule has 3 heterocycles. The van der Waals surface area contributed by atoms with E-state index in [1.807, 2.05) is 18.6 Å². The Labute approximate surface area is 162 Å². The highest BCUT2D eigenvalue weighted by atomic mass is 32.2. The summed E-state index contributed by atoms with van der Waals surface area (Å²) in [5.41, 5.74) is 1.18. The molecule has 0 unspecified atom stereocenters. The van der Waals surface area contributed by atoms with Gasteiger partial charge in [0.15, 0.2) is 0 Å². The summed E-state index contributed by atoms with van der Waals surface area (Å²) in [4.78, 5) is 16.4. The minimum absolute atomic E-state index is 0.131. The van der Waals surface area contributed by atoms with Crippen molar-refractivity contribution in [2.75, 3.05) is 31.3 Å². The zero-order valence-corrected chi connectivity index (χ0v) is 17.4. The van der Waals surface area contributed by atoms with Gasteiger partial charge in [0.2, 0.25) is 10.7 Å². The maximum absolute atomic E-state index is 6.11. The van der Waals surface area contributed by atoms with Crippen LogP contribution in [0.5, 0.6) is 5.19 Å². The summed E-state index contributed by atoms with van der Waals surface area (Å²) in [5, 5.41) is 5.15. The van der Waals surface area contributed by atoms with E-state index in [9.17, 15) is 0 Å². The Kier molecular flexibility index (Phi) is 6.53. The van der Waals surface area contributed by atoms with E-state index in [4.69, 9.17) is 4.74 Å². The number of anilines is 1. The second-order valence-corrected chi connectivity index (χ2v) is 7.95. The second kappa shape index (κ2) is 8.85. The van der Waals surface area contributed by atoms with E-state index in [2.05, 4.69) is 38.8 Å². The Hall–Kier alpha value is -1.61. The van der Waals surface area contributed by atoms with Crippen molar-refractivity contribution < 1.29 is 4.74 Å². The summed E-state index contributed by atoms with van der Waals surface area (Å²) in [7, 11) is 1.78. The van der Waals surface area contributed by atoms with Gasteiger partial charge in [0.25, 0.3) is 5.19 Å². The predicted octanol–water partition coefficient (Wildman–Crippen LogP) is 2.64. The second-order valence-electron chi connectivity index (χ2n) is 6.32. The number of ether oxygens (including phenoxy) is 1. The van der Waals surface area contributed by atoms with Crippen molar-refractivity contribution >= 4 is 29.2 Å². The van der Waals surface area contributed by atoms with Crippen molar-refractivity contribution in [3.63, 3.8) is 0 Å². The molecule has 0 radical (unpaired) electrons. The van der Waals surface area contributed by atoms with Crippen LogP contribution in [-0.2, 0) is 6.42 Å². The third-order valence-electron chi connectivity index (χ3n) is 4.75. The number of aryl methyl sites for hydroxylation is 1. The van der Waals surface area contributed by atoms with Gasteiger partial charge < -0.3 is 9.64 Å². The molecule has 1 fully saturated rings. The Balaban J connectivity index is 1.56. The summed E-state index contributed by atoms with van der Waals surface area (Å²) in [6.45, 7) is 6.18. The van der Waals surface area contributed by atoms with Gasteiger partial charge in [0, 0.05) is 38.8 Å². The van der Waals surface area contributed by atoms with Crippen LogP contribution in [0.1, 0.15) is 32.3 Å². The molecule has 1 aliphatic heterocycles. The Morgan fingerprint density at radius 3 is 2.58 bits per heavy atom. The van der Waals surface area contributed by atoms with Gasteiger partial charge in [-0.25, -0.2) is 9.97 Å². The van der Waals surface area contributed by atoms with Crippen molar-refractivity contribution in [3.8, 4) is 5.19 Å². The molecule has 0 aliphatic carbocycles. The van der Waals surface area contributed by atoms with Crippen molar-refractivity contribution in [1.29, 1.82) is 0 Å². The molecule has 2 aromatic rings. The Morgan fingerprint density at radius 1 is 1.35 bits per heavy atom. The molecule has 26 heavy (non-hydrogen) atoms. The first-order valence-electron chi connectivity index (χ1n) is 8.94. The van der Waals surface area contributed by atoms with Crippen LogP contribution in [0.15, 0.2) is 17.4 Å². The number of nitrogens with zero attached hydrogens (tertiary/aromatic N) is 6. The van der Waals surface area contributed by atoms with Gasteiger partial charge in [0.05, 0.1) is 0 Å². The van der Waals surface area contributed by atoms with Crippen LogP contribution in [0.2, 0.25) is 0 Å². The predicted molar refractivity (Wildman–Crippen MR) is 107 cm³/mol. The van der Waals surface area contributed by atoms with Gasteiger partial charge in [-0.1, -0.05) is 6.92 Å². The first-order valence-corrected chi connectivity index (χ1v) is 10.9. The quantitative estimate of drug-likeness (QED) is 0.750. The first-order chi connectivity index (χ1) is 12.6. The van der Waals surface area contributed by atoms with E-state index in [1.165, 1.54) is 28.8 Å². The van der Waals surface area contributed by atoms with Crippen LogP contribution in [-0.4, -0.2) is 51.7 Å². The van der Waals surface area contributed by atoms with E-state index in [0.717, 1.165) is 43.1 Å². The van der Waals surface area contributed by atoms with E-state index in [0.29, 0.717) is 11.1 Å². The molecular formula is C17H26N6OS2. The fourth-order valence-electron chi connectivity index (χ4n) is 3.07. The Morgan fingerprint density at radius 2 is 2.04 bits per heavy atom. The average molecular weight is 395 g/mol. The molecule has 0 bridgehead atoms. The van der Waals surface area contributed by atoms with Crippen LogP contribution >= 0.6 is 23.3 Å². The maximum Gasteiger partial charge on any atom is 0.295 e. The molecule has 1 saturated heterocycles. The SMILES string of the molecule is CCc1cnc(N2CCC([C@H](C)Oc3nn(SC)/c(=N\C)s3)CC2)nc1. The Bertz CT molecular complexity index is 764. The molecule has 1 aliphatic rings. The molecular weight excluding hydrogens is 368 g/mol. The van der Waals surface area contributed by atoms with Gasteiger partial charge in [-0.2, -0.15) is 4.09 Å². The lowest BCUT2D eigenvalue weighted by atomic mass is 9.92. The highest BCUT2D eigenvalue weighted by Gasteiger charge is 2.27. The molecule has 9 heteroatoms. The van der Waals surface area contributed by atoms with Crippen LogP contribution in [0.25, 0.3) is 0 Å². The van der Waals surface area contributed by atoms with Gasteiger partial charge >= 0.3 is 0 Å². The first kappa shape index (κ1) is 19.2. The minimum atomic E-state index is 0.131. The normalized spacial score (nSPS) is 17.5. The molecule has 7 nitrogen and oxygen atoms in total. The third-order valence-corrected chi connectivity index (χ3v) is 6.36. The molecule has 0 saturated carbocycles. The van der Waals surface area contributed by atoms with Crippen molar-refractivity contribution in [3.05, 3.63) is 22.8 Å². The van der Waals surface area contributed by atoms with Crippen LogP contribution in [0.4, 0.5) is 5.95 Å². The summed E-state index contributed by atoms with van der Waals surface area (Å²) in [5.74, 6) is 1.35. The topological polar surface area (TPSA) is 68.4 Å². The lowest BCUT2D eigenvalue weighted by molar-refractivity contribution is 0.131. The van der Waals surface area contributed by atoms with Gasteiger partial charge in [-0.3, -0.25) is 4.99 Å². The number of aromatic nitrogens is 4. The van der Waals surface area contributed by atoms with Crippen molar-refractivity contribution in [1.82, 2.24) is 19.2 Å². The molecule has 3 rings (SSSR count). The third kappa shape index (κ3) is 4.37. The van der Waals surface area contributed by atoms with Gasteiger partial charge in [-0.05, 0) is 61.0 Å². The molecule has 0 aromatic carbocycles. The van der Waals surface area contributed by atoms with Crippen molar-refractivity contribution in [2.24, 2.45) is 10.9 Å². The molecule has 0 N–H and O–H groups in total. The average Bonchev–Trinajstić information content (AvgIpc) is 3.10. The minimum Gasteiger partial charge on any atom is -0.466 e. The highest BCUT2D eigenvalue weighted by molar-refractivity contribution is 7.97. The van der Waals surface area contributed by atoms with Crippen LogP contribution < -0.4 is 14.4 Å². The monoisotopic (exact) mass is 394 g/mol. The number of piperidine rings is 1. The number of hydrogen-bond acceptors (Lipinski definition) is 8. The zero-order valence-electron chi connectivity index (χ0n) is 15.8. The molecule has 0 spiro atoms. The highest BCUT2D eigenvalue weighted by Crippen LogP contribution is 2.26. The fraction of sp³-hybridized carbons (Fsp3) is 0.647. The van der Waals surface area contributed by atoms with E-state index in [1.54, 1.807) is 11.1 Å². The molecule has 2 aromatic heterocycles. The lowest BCUT2D eigenvalue weighted by Gasteiger charge is -2.34. The molecule has 0 amide bonds. The smallest absolute Gasteiger partial charge is 0.295 e. The summed E-state index contributed by atoms with van der Waals surface area (Å²) < 4.78 is 7.91. The zero-order chi connectivity index (χ0) is 18.5. The standard InChI is InChI=1S/C17H26N6OS2/c1-5-13-10-19-15(20-11-13)22-8-6-14(7-9-22)12(2)24-17-21-23(25-4)16(18-3)26-17/h10-12,14H,5-9H2,1-4H3/b18-16+/t12-/m0/s1. The van der Waals surface area contributed by atoms with Crippen LogP contribution in [0.3, 0.4) is 0 Å². The number of rotatable bonds is 6. The maximum atomic E-state index is 6.11. The molecule has 1 atom stereocenters. The molecule has 142 valence electrons.